The van der Waals surface area contributed by atoms with Crippen molar-refractivity contribution in [2.75, 3.05) is 6.54 Å². The summed E-state index contributed by atoms with van der Waals surface area (Å²) in [7, 11) is 0. The highest BCUT2D eigenvalue weighted by atomic mass is 79.9. The van der Waals surface area contributed by atoms with Crippen LogP contribution in [0.3, 0.4) is 0 Å². The fourth-order valence-corrected chi connectivity index (χ4v) is 4.08. The quantitative estimate of drug-likeness (QED) is 0.863. The molecule has 5 heteroatoms. The molecule has 1 N–H and O–H groups in total. The number of hydrogen-bond acceptors (Lipinski definition) is 4. The third-order valence-corrected chi connectivity index (χ3v) is 5.31. The average Bonchev–Trinajstić information content (AvgIpc) is 2.48. The molecule has 3 nitrogen and oxygen atoms in total. The third-order valence-electron chi connectivity index (χ3n) is 3.62. The summed E-state index contributed by atoms with van der Waals surface area (Å²) in [5, 5.41) is 14.5. The molecular formula is C15H20BrN3S. The maximum atomic E-state index is 9.54. The molecule has 0 saturated heterocycles. The monoisotopic (exact) mass is 353 g/mol. The van der Waals surface area contributed by atoms with Crippen molar-refractivity contribution in [1.82, 2.24) is 10.3 Å². The fourth-order valence-electron chi connectivity index (χ4n) is 2.59. The SMILES string of the molecule is CCCNC1(C#N)CCCC(Sc2ccc(Br)cn2)C1. The van der Waals surface area contributed by atoms with E-state index >= 15 is 0 Å². The van der Waals surface area contributed by atoms with Crippen molar-refractivity contribution < 1.29 is 0 Å². The van der Waals surface area contributed by atoms with Crippen molar-refractivity contribution in [2.24, 2.45) is 0 Å². The van der Waals surface area contributed by atoms with E-state index in [1.807, 2.05) is 18.3 Å². The van der Waals surface area contributed by atoms with Gasteiger partial charge in [-0.1, -0.05) is 6.92 Å². The molecule has 0 radical (unpaired) electrons. The Balaban J connectivity index is 1.99. The number of hydrogen-bond donors (Lipinski definition) is 1. The zero-order valence-corrected chi connectivity index (χ0v) is 14.1. The van der Waals surface area contributed by atoms with Gasteiger partial charge in [-0.3, -0.25) is 5.32 Å². The molecule has 1 aromatic rings. The molecule has 1 aliphatic rings. The van der Waals surface area contributed by atoms with Crippen LogP contribution in [0.2, 0.25) is 0 Å². The molecule has 1 heterocycles. The summed E-state index contributed by atoms with van der Waals surface area (Å²) >= 11 is 5.20. The number of halogens is 1. The predicted octanol–water partition coefficient (Wildman–Crippen LogP) is 4.14. The van der Waals surface area contributed by atoms with Gasteiger partial charge in [0.2, 0.25) is 0 Å². The summed E-state index contributed by atoms with van der Waals surface area (Å²) < 4.78 is 1.00. The Kier molecular flexibility index (Phi) is 5.88. The number of thioether (sulfide) groups is 1. The van der Waals surface area contributed by atoms with Crippen LogP contribution >= 0.6 is 27.7 Å². The van der Waals surface area contributed by atoms with E-state index in [1.165, 1.54) is 6.42 Å². The Labute approximate surface area is 133 Å². The highest BCUT2D eigenvalue weighted by Crippen LogP contribution is 2.37. The van der Waals surface area contributed by atoms with E-state index in [1.54, 1.807) is 11.8 Å². The normalized spacial score (nSPS) is 26.1. The molecule has 2 unspecified atom stereocenters. The summed E-state index contributed by atoms with van der Waals surface area (Å²) in [5.41, 5.74) is -0.332. The molecule has 1 aliphatic carbocycles. The fraction of sp³-hybridized carbons (Fsp3) is 0.600. The minimum Gasteiger partial charge on any atom is -0.299 e. The van der Waals surface area contributed by atoms with Crippen molar-refractivity contribution in [3.63, 3.8) is 0 Å². The molecule has 20 heavy (non-hydrogen) atoms. The second-order valence-corrected chi connectivity index (χ2v) is 7.51. The lowest BCUT2D eigenvalue weighted by molar-refractivity contribution is 0.304. The maximum absolute atomic E-state index is 9.54. The first-order chi connectivity index (χ1) is 9.67. The Morgan fingerprint density at radius 3 is 3.10 bits per heavy atom. The topological polar surface area (TPSA) is 48.7 Å². The van der Waals surface area contributed by atoms with E-state index in [4.69, 9.17) is 0 Å². The summed E-state index contributed by atoms with van der Waals surface area (Å²) in [6.45, 7) is 3.06. The van der Waals surface area contributed by atoms with Crippen LogP contribution in [-0.2, 0) is 0 Å². The minimum absolute atomic E-state index is 0.332. The first-order valence-electron chi connectivity index (χ1n) is 7.12. The van der Waals surface area contributed by atoms with Gasteiger partial charge in [0.25, 0.3) is 0 Å². The van der Waals surface area contributed by atoms with Gasteiger partial charge >= 0.3 is 0 Å². The number of nitrogens with one attached hydrogen (secondary N) is 1. The third kappa shape index (κ3) is 4.21. The van der Waals surface area contributed by atoms with Crippen LogP contribution < -0.4 is 5.32 Å². The zero-order chi connectivity index (χ0) is 14.4. The Hall–Kier alpha value is -0.570. The Bertz CT molecular complexity index is 471. The maximum Gasteiger partial charge on any atom is 0.107 e. The van der Waals surface area contributed by atoms with Crippen LogP contribution in [0.25, 0.3) is 0 Å². The number of aromatic nitrogens is 1. The number of pyridine rings is 1. The van der Waals surface area contributed by atoms with Crippen molar-refractivity contribution in [1.29, 1.82) is 5.26 Å². The van der Waals surface area contributed by atoms with E-state index in [9.17, 15) is 5.26 Å². The van der Waals surface area contributed by atoms with Gasteiger partial charge in [0.1, 0.15) is 5.54 Å². The molecule has 1 saturated carbocycles. The van der Waals surface area contributed by atoms with Crippen LogP contribution in [0, 0.1) is 11.3 Å². The molecule has 0 bridgehead atoms. The predicted molar refractivity (Wildman–Crippen MR) is 86.7 cm³/mol. The van der Waals surface area contributed by atoms with Crippen molar-refractivity contribution in [3.05, 3.63) is 22.8 Å². The van der Waals surface area contributed by atoms with Crippen molar-refractivity contribution in [2.45, 2.75) is 54.8 Å². The highest BCUT2D eigenvalue weighted by molar-refractivity contribution is 9.10. The summed E-state index contributed by atoms with van der Waals surface area (Å²) in [6, 6.07) is 6.58. The van der Waals surface area contributed by atoms with Gasteiger partial charge < -0.3 is 0 Å². The van der Waals surface area contributed by atoms with Crippen LogP contribution in [-0.4, -0.2) is 22.3 Å². The van der Waals surface area contributed by atoms with Crippen LogP contribution in [0.15, 0.2) is 27.8 Å². The van der Waals surface area contributed by atoms with E-state index < -0.39 is 0 Å². The van der Waals surface area contributed by atoms with E-state index in [0.29, 0.717) is 5.25 Å². The Morgan fingerprint density at radius 1 is 1.60 bits per heavy atom. The van der Waals surface area contributed by atoms with Crippen molar-refractivity contribution in [3.8, 4) is 6.07 Å². The second kappa shape index (κ2) is 7.44. The molecule has 2 atom stereocenters. The van der Waals surface area contributed by atoms with Crippen LogP contribution in [0.1, 0.15) is 39.0 Å². The highest BCUT2D eigenvalue weighted by Gasteiger charge is 2.36. The van der Waals surface area contributed by atoms with Gasteiger partial charge in [-0.25, -0.2) is 4.98 Å². The smallest absolute Gasteiger partial charge is 0.107 e. The van der Waals surface area contributed by atoms with E-state index in [0.717, 1.165) is 41.7 Å². The first kappa shape index (κ1) is 15.8. The van der Waals surface area contributed by atoms with Gasteiger partial charge in [-0.2, -0.15) is 5.26 Å². The van der Waals surface area contributed by atoms with Gasteiger partial charge in [0.05, 0.1) is 11.1 Å². The molecule has 0 amide bonds. The van der Waals surface area contributed by atoms with Gasteiger partial charge in [-0.05, 0) is 66.7 Å². The lowest BCUT2D eigenvalue weighted by atomic mass is 9.82. The molecule has 0 spiro atoms. The summed E-state index contributed by atoms with van der Waals surface area (Å²) in [6.07, 6.45) is 7.05. The molecule has 108 valence electrons. The standard InChI is InChI=1S/C15H20BrN3S/c1-2-8-19-15(11-17)7-3-4-13(9-15)20-14-6-5-12(16)10-18-14/h5-6,10,13,19H,2-4,7-9H2,1H3. The van der Waals surface area contributed by atoms with Crippen LogP contribution in [0.5, 0.6) is 0 Å². The van der Waals surface area contributed by atoms with Gasteiger partial charge in [-0.15, -0.1) is 11.8 Å². The molecule has 0 aliphatic heterocycles. The summed E-state index contributed by atoms with van der Waals surface area (Å²) in [4.78, 5) is 4.42. The molecule has 0 aromatic carbocycles. The average molecular weight is 354 g/mol. The molecule has 1 aromatic heterocycles. The summed E-state index contributed by atoms with van der Waals surface area (Å²) in [5.74, 6) is 0. The van der Waals surface area contributed by atoms with E-state index in [2.05, 4.69) is 39.2 Å². The minimum atomic E-state index is -0.332. The first-order valence-corrected chi connectivity index (χ1v) is 8.79. The molecule has 2 rings (SSSR count). The second-order valence-electron chi connectivity index (χ2n) is 5.27. The molecular weight excluding hydrogens is 334 g/mol. The largest absolute Gasteiger partial charge is 0.299 e. The van der Waals surface area contributed by atoms with Crippen molar-refractivity contribution >= 4 is 27.7 Å². The number of rotatable bonds is 5. The molecule has 1 fully saturated rings. The zero-order valence-electron chi connectivity index (χ0n) is 11.7. The lowest BCUT2D eigenvalue weighted by Gasteiger charge is -2.36. The lowest BCUT2D eigenvalue weighted by Crippen LogP contribution is -2.48. The van der Waals surface area contributed by atoms with E-state index in [-0.39, 0.29) is 5.54 Å². The van der Waals surface area contributed by atoms with Gasteiger partial charge in [0.15, 0.2) is 0 Å². The Morgan fingerprint density at radius 2 is 2.45 bits per heavy atom. The van der Waals surface area contributed by atoms with Gasteiger partial charge in [0, 0.05) is 15.9 Å². The van der Waals surface area contributed by atoms with Crippen LogP contribution in [0.4, 0.5) is 0 Å². The number of nitrogens with zero attached hydrogens (tertiary/aromatic N) is 2. The number of nitriles is 1.